The zero-order valence-electron chi connectivity index (χ0n) is 12.4. The van der Waals surface area contributed by atoms with Gasteiger partial charge in [-0.15, -0.1) is 0 Å². The fourth-order valence-corrected chi connectivity index (χ4v) is 4.12. The van der Waals surface area contributed by atoms with Crippen LogP contribution in [0.25, 0.3) is 11.3 Å². The van der Waals surface area contributed by atoms with E-state index in [4.69, 9.17) is 0 Å². The Morgan fingerprint density at radius 2 is 2.33 bits per heavy atom. The van der Waals surface area contributed by atoms with E-state index >= 15 is 0 Å². The van der Waals surface area contributed by atoms with Crippen LogP contribution in [0.3, 0.4) is 0 Å². The molecule has 0 spiro atoms. The summed E-state index contributed by atoms with van der Waals surface area (Å²) in [4.78, 5) is 4.18. The molecule has 0 amide bonds. The number of aromatic nitrogens is 3. The molecule has 21 heavy (non-hydrogen) atoms. The predicted octanol–water partition coefficient (Wildman–Crippen LogP) is 3.24. The number of rotatable bonds is 6. The van der Waals surface area contributed by atoms with Gasteiger partial charge in [-0.25, -0.2) is 0 Å². The molecule has 5 heteroatoms. The largest absolute Gasteiger partial charge is 0.310 e. The van der Waals surface area contributed by atoms with Crippen LogP contribution in [0.15, 0.2) is 30.7 Å². The number of thioether (sulfide) groups is 1. The highest BCUT2D eigenvalue weighted by Crippen LogP contribution is 2.30. The molecule has 2 aromatic rings. The first-order chi connectivity index (χ1) is 10.4. The maximum Gasteiger partial charge on any atom is 0.0710 e. The third-order valence-electron chi connectivity index (χ3n) is 4.04. The fourth-order valence-electron chi connectivity index (χ4n) is 2.97. The molecular weight excluding hydrogens is 280 g/mol. The van der Waals surface area contributed by atoms with Gasteiger partial charge in [-0.05, 0) is 37.1 Å². The summed E-state index contributed by atoms with van der Waals surface area (Å²) in [6.45, 7) is 3.12. The first-order valence-corrected chi connectivity index (χ1v) is 8.69. The molecule has 0 bridgehead atoms. The van der Waals surface area contributed by atoms with Gasteiger partial charge < -0.3 is 5.32 Å². The maximum atomic E-state index is 4.19. The Morgan fingerprint density at radius 1 is 1.38 bits per heavy atom. The van der Waals surface area contributed by atoms with Crippen molar-refractivity contribution in [3.05, 3.63) is 36.3 Å². The number of pyridine rings is 1. The molecule has 1 saturated carbocycles. The Bertz CT molecular complexity index is 554. The van der Waals surface area contributed by atoms with Crippen LogP contribution in [0, 0.1) is 0 Å². The van der Waals surface area contributed by atoms with E-state index in [1.165, 1.54) is 30.6 Å². The number of hydrogen-bond donors (Lipinski definition) is 2. The monoisotopic (exact) mass is 302 g/mol. The SMILES string of the molecule is CCS[C@@H]1CC[C@H](NCc2cn[nH]c2-c2cccnc2)C1. The minimum absolute atomic E-state index is 0.644. The van der Waals surface area contributed by atoms with E-state index in [1.54, 1.807) is 6.20 Å². The summed E-state index contributed by atoms with van der Waals surface area (Å²) in [6.07, 6.45) is 9.51. The van der Waals surface area contributed by atoms with Crippen LogP contribution in [-0.4, -0.2) is 32.2 Å². The first kappa shape index (κ1) is 14.6. The lowest BCUT2D eigenvalue weighted by molar-refractivity contribution is 0.525. The van der Waals surface area contributed by atoms with Gasteiger partial charge in [0, 0.05) is 41.4 Å². The van der Waals surface area contributed by atoms with E-state index in [2.05, 4.69) is 45.3 Å². The molecule has 2 N–H and O–H groups in total. The van der Waals surface area contributed by atoms with Crippen molar-refractivity contribution in [3.8, 4) is 11.3 Å². The number of nitrogens with zero attached hydrogens (tertiary/aromatic N) is 2. The molecule has 2 atom stereocenters. The number of hydrogen-bond acceptors (Lipinski definition) is 4. The summed E-state index contributed by atoms with van der Waals surface area (Å²) in [5.74, 6) is 1.23. The molecular formula is C16H22N4S. The highest BCUT2D eigenvalue weighted by molar-refractivity contribution is 7.99. The van der Waals surface area contributed by atoms with Crippen LogP contribution < -0.4 is 5.32 Å². The van der Waals surface area contributed by atoms with E-state index < -0.39 is 0 Å². The van der Waals surface area contributed by atoms with Gasteiger partial charge in [-0.1, -0.05) is 6.92 Å². The minimum Gasteiger partial charge on any atom is -0.310 e. The molecule has 2 heterocycles. The lowest BCUT2D eigenvalue weighted by Gasteiger charge is -2.13. The average molecular weight is 302 g/mol. The summed E-state index contributed by atoms with van der Waals surface area (Å²) in [5, 5.41) is 11.8. The zero-order valence-corrected chi connectivity index (χ0v) is 13.2. The molecule has 0 aliphatic heterocycles. The van der Waals surface area contributed by atoms with Gasteiger partial charge in [-0.2, -0.15) is 16.9 Å². The van der Waals surface area contributed by atoms with Crippen LogP contribution in [0.5, 0.6) is 0 Å². The van der Waals surface area contributed by atoms with E-state index in [0.29, 0.717) is 6.04 Å². The standard InChI is InChI=1S/C16H22N4S/c1-2-21-15-6-5-14(8-15)18-10-13-11-19-20-16(13)12-4-3-7-17-9-12/h3-4,7,9,11,14-15,18H,2,5-6,8,10H2,1H3,(H,19,20)/t14-,15+/m0/s1. The van der Waals surface area contributed by atoms with Gasteiger partial charge in [-0.3, -0.25) is 10.1 Å². The van der Waals surface area contributed by atoms with Crippen molar-refractivity contribution in [1.29, 1.82) is 0 Å². The third kappa shape index (κ3) is 3.66. The molecule has 0 saturated heterocycles. The Balaban J connectivity index is 1.59. The van der Waals surface area contributed by atoms with Crippen molar-refractivity contribution in [2.45, 2.75) is 44.0 Å². The molecule has 0 radical (unpaired) electrons. The third-order valence-corrected chi connectivity index (χ3v) is 5.27. The van der Waals surface area contributed by atoms with Crippen molar-refractivity contribution >= 4 is 11.8 Å². The predicted molar refractivity (Wildman–Crippen MR) is 88.2 cm³/mol. The molecule has 4 nitrogen and oxygen atoms in total. The van der Waals surface area contributed by atoms with Crippen molar-refractivity contribution in [1.82, 2.24) is 20.5 Å². The van der Waals surface area contributed by atoms with Gasteiger partial charge in [0.15, 0.2) is 0 Å². The van der Waals surface area contributed by atoms with Crippen LogP contribution >= 0.6 is 11.8 Å². The maximum absolute atomic E-state index is 4.19. The van der Waals surface area contributed by atoms with Crippen LogP contribution in [0.4, 0.5) is 0 Å². The summed E-state index contributed by atoms with van der Waals surface area (Å²) in [7, 11) is 0. The lowest BCUT2D eigenvalue weighted by Crippen LogP contribution is -2.26. The van der Waals surface area contributed by atoms with Gasteiger partial charge in [0.25, 0.3) is 0 Å². The Kier molecular flexibility index (Phi) is 4.93. The highest BCUT2D eigenvalue weighted by Gasteiger charge is 2.24. The molecule has 1 fully saturated rings. The number of nitrogens with one attached hydrogen (secondary N) is 2. The van der Waals surface area contributed by atoms with Gasteiger partial charge in [0.2, 0.25) is 0 Å². The smallest absolute Gasteiger partial charge is 0.0710 e. The van der Waals surface area contributed by atoms with Crippen LogP contribution in [0.1, 0.15) is 31.7 Å². The van der Waals surface area contributed by atoms with Gasteiger partial charge in [0.05, 0.1) is 11.9 Å². The van der Waals surface area contributed by atoms with Crippen molar-refractivity contribution in [2.75, 3.05) is 5.75 Å². The Hall–Kier alpha value is -1.33. The van der Waals surface area contributed by atoms with E-state index in [0.717, 1.165) is 23.1 Å². The second kappa shape index (κ2) is 7.09. The topological polar surface area (TPSA) is 53.6 Å². The molecule has 0 unspecified atom stereocenters. The fraction of sp³-hybridized carbons (Fsp3) is 0.500. The van der Waals surface area contributed by atoms with Gasteiger partial charge in [0.1, 0.15) is 0 Å². The zero-order chi connectivity index (χ0) is 14.5. The molecule has 112 valence electrons. The molecule has 2 aromatic heterocycles. The summed E-state index contributed by atoms with van der Waals surface area (Å²) in [6, 6.07) is 4.66. The average Bonchev–Trinajstić information content (AvgIpc) is 3.15. The minimum atomic E-state index is 0.644. The second-order valence-electron chi connectivity index (χ2n) is 5.48. The van der Waals surface area contributed by atoms with E-state index in [-0.39, 0.29) is 0 Å². The number of aromatic amines is 1. The van der Waals surface area contributed by atoms with Crippen molar-refractivity contribution < 1.29 is 0 Å². The van der Waals surface area contributed by atoms with E-state index in [9.17, 15) is 0 Å². The highest BCUT2D eigenvalue weighted by atomic mass is 32.2. The summed E-state index contributed by atoms with van der Waals surface area (Å²) in [5.41, 5.74) is 3.39. The summed E-state index contributed by atoms with van der Waals surface area (Å²) >= 11 is 2.10. The molecule has 1 aliphatic rings. The van der Waals surface area contributed by atoms with Crippen molar-refractivity contribution in [2.24, 2.45) is 0 Å². The number of H-pyrrole nitrogens is 1. The molecule has 0 aromatic carbocycles. The van der Waals surface area contributed by atoms with Crippen molar-refractivity contribution in [3.63, 3.8) is 0 Å². The normalized spacial score (nSPS) is 21.8. The lowest BCUT2D eigenvalue weighted by atomic mass is 10.1. The summed E-state index contributed by atoms with van der Waals surface area (Å²) < 4.78 is 0. The van der Waals surface area contributed by atoms with Crippen LogP contribution in [0.2, 0.25) is 0 Å². The first-order valence-electron chi connectivity index (χ1n) is 7.64. The quantitative estimate of drug-likeness (QED) is 0.860. The molecule has 3 rings (SSSR count). The Labute approximate surface area is 130 Å². The second-order valence-corrected chi connectivity index (χ2v) is 7.06. The molecule has 1 aliphatic carbocycles. The van der Waals surface area contributed by atoms with E-state index in [1.807, 2.05) is 18.5 Å². The van der Waals surface area contributed by atoms with Gasteiger partial charge >= 0.3 is 0 Å². The van der Waals surface area contributed by atoms with Crippen LogP contribution in [-0.2, 0) is 6.54 Å². The Morgan fingerprint density at radius 3 is 3.14 bits per heavy atom.